The molecular formula is C19H21ClN4O. The third-order valence-corrected chi connectivity index (χ3v) is 4.33. The van der Waals surface area contributed by atoms with Gasteiger partial charge < -0.3 is 11.1 Å². The number of carbonyl (C=O) groups excluding carboxylic acids is 1. The Morgan fingerprint density at radius 3 is 2.76 bits per heavy atom. The molecule has 3 N–H and O–H groups in total. The molecule has 0 aromatic heterocycles. The average molecular weight is 357 g/mol. The summed E-state index contributed by atoms with van der Waals surface area (Å²) in [7, 11) is 0. The van der Waals surface area contributed by atoms with Crippen LogP contribution in [0.2, 0.25) is 5.02 Å². The van der Waals surface area contributed by atoms with Crippen LogP contribution in [-0.4, -0.2) is 23.3 Å². The van der Waals surface area contributed by atoms with Gasteiger partial charge in [0, 0.05) is 28.4 Å². The van der Waals surface area contributed by atoms with Gasteiger partial charge in [0.05, 0.1) is 12.3 Å². The van der Waals surface area contributed by atoms with Crippen molar-refractivity contribution in [2.45, 2.75) is 26.3 Å². The highest BCUT2D eigenvalue weighted by molar-refractivity contribution is 6.31. The minimum atomic E-state index is -0.193. The summed E-state index contributed by atoms with van der Waals surface area (Å²) >= 11 is 6.17. The van der Waals surface area contributed by atoms with E-state index < -0.39 is 0 Å². The molecule has 0 radical (unpaired) electrons. The Labute approximate surface area is 152 Å². The van der Waals surface area contributed by atoms with Gasteiger partial charge in [0.15, 0.2) is 0 Å². The number of nitrogen functional groups attached to an aromatic ring is 1. The number of hydrazone groups is 1. The summed E-state index contributed by atoms with van der Waals surface area (Å²) in [6.07, 6.45) is 1.97. The van der Waals surface area contributed by atoms with Gasteiger partial charge in [-0.3, -0.25) is 0 Å². The van der Waals surface area contributed by atoms with E-state index in [0.29, 0.717) is 23.8 Å². The molecule has 0 saturated heterocycles. The Morgan fingerprint density at radius 2 is 2.04 bits per heavy atom. The van der Waals surface area contributed by atoms with Crippen LogP contribution in [-0.2, 0) is 6.54 Å². The number of nitrogens with two attached hydrogens (primary N) is 1. The molecule has 1 aliphatic rings. The van der Waals surface area contributed by atoms with Crippen molar-refractivity contribution >= 4 is 29.0 Å². The van der Waals surface area contributed by atoms with Crippen molar-refractivity contribution in [3.05, 3.63) is 64.2 Å². The first-order valence-corrected chi connectivity index (χ1v) is 8.75. The SMILES string of the molecule is CCCCNC(=O)N1Cc2ccc(Cl)cc2C(c2ccc(N)cc2)=N1. The number of anilines is 1. The van der Waals surface area contributed by atoms with E-state index in [-0.39, 0.29) is 6.03 Å². The molecule has 0 spiro atoms. The molecule has 0 bridgehead atoms. The van der Waals surface area contributed by atoms with Crippen LogP contribution >= 0.6 is 11.6 Å². The summed E-state index contributed by atoms with van der Waals surface area (Å²) in [5.74, 6) is 0. The number of urea groups is 1. The highest BCUT2D eigenvalue weighted by Crippen LogP contribution is 2.26. The zero-order valence-corrected chi connectivity index (χ0v) is 14.9. The summed E-state index contributed by atoms with van der Waals surface area (Å²) in [6.45, 7) is 3.15. The van der Waals surface area contributed by atoms with E-state index in [1.807, 2.05) is 42.5 Å². The molecule has 0 fully saturated rings. The lowest BCUT2D eigenvalue weighted by Gasteiger charge is -2.26. The van der Waals surface area contributed by atoms with Crippen LogP contribution in [0.15, 0.2) is 47.6 Å². The second kappa shape index (κ2) is 7.57. The maximum atomic E-state index is 12.4. The van der Waals surface area contributed by atoms with Gasteiger partial charge >= 0.3 is 6.03 Å². The van der Waals surface area contributed by atoms with Crippen LogP contribution in [0.25, 0.3) is 0 Å². The predicted octanol–water partition coefficient (Wildman–Crippen LogP) is 4.00. The zero-order valence-electron chi connectivity index (χ0n) is 14.1. The fourth-order valence-corrected chi connectivity index (χ4v) is 2.89. The Morgan fingerprint density at radius 1 is 1.28 bits per heavy atom. The minimum Gasteiger partial charge on any atom is -0.399 e. The quantitative estimate of drug-likeness (QED) is 0.642. The van der Waals surface area contributed by atoms with E-state index in [4.69, 9.17) is 17.3 Å². The lowest BCUT2D eigenvalue weighted by atomic mass is 9.96. The van der Waals surface area contributed by atoms with Crippen molar-refractivity contribution in [3.63, 3.8) is 0 Å². The highest BCUT2D eigenvalue weighted by atomic mass is 35.5. The molecule has 0 atom stereocenters. The van der Waals surface area contributed by atoms with E-state index in [9.17, 15) is 4.79 Å². The number of halogens is 1. The maximum Gasteiger partial charge on any atom is 0.338 e. The standard InChI is InChI=1S/C19H21ClN4O/c1-2-3-10-22-19(25)24-12-14-4-7-15(20)11-17(14)18(23-24)13-5-8-16(21)9-6-13/h4-9,11H,2-3,10,12,21H2,1H3,(H,22,25). The lowest BCUT2D eigenvalue weighted by Crippen LogP contribution is -2.39. The number of nitrogens with zero attached hydrogens (tertiary/aromatic N) is 2. The van der Waals surface area contributed by atoms with Crippen LogP contribution < -0.4 is 11.1 Å². The summed E-state index contributed by atoms with van der Waals surface area (Å²) in [5.41, 5.74) is 10.0. The molecule has 25 heavy (non-hydrogen) atoms. The van der Waals surface area contributed by atoms with Crippen LogP contribution in [0.5, 0.6) is 0 Å². The molecule has 1 heterocycles. The normalized spacial score (nSPS) is 13.2. The second-order valence-corrected chi connectivity index (χ2v) is 6.45. The summed E-state index contributed by atoms with van der Waals surface area (Å²) in [5, 5.41) is 9.60. The second-order valence-electron chi connectivity index (χ2n) is 6.02. The fourth-order valence-electron chi connectivity index (χ4n) is 2.71. The van der Waals surface area contributed by atoms with Gasteiger partial charge in [0.25, 0.3) is 0 Å². The molecule has 3 rings (SSSR count). The molecule has 2 aromatic rings. The summed E-state index contributed by atoms with van der Waals surface area (Å²) in [4.78, 5) is 12.4. The largest absolute Gasteiger partial charge is 0.399 e. The van der Waals surface area contributed by atoms with E-state index in [1.165, 1.54) is 5.01 Å². The van der Waals surface area contributed by atoms with E-state index in [1.54, 1.807) is 0 Å². The molecule has 2 aromatic carbocycles. The molecule has 130 valence electrons. The van der Waals surface area contributed by atoms with Crippen LogP contribution in [0.1, 0.15) is 36.5 Å². The average Bonchev–Trinajstić information content (AvgIpc) is 2.61. The molecule has 0 aliphatic carbocycles. The number of benzene rings is 2. The third-order valence-electron chi connectivity index (χ3n) is 4.09. The molecule has 2 amide bonds. The van der Waals surface area contributed by atoms with Crippen molar-refractivity contribution in [2.24, 2.45) is 5.10 Å². The van der Waals surface area contributed by atoms with Crippen LogP contribution in [0, 0.1) is 0 Å². The minimum absolute atomic E-state index is 0.193. The first-order valence-electron chi connectivity index (χ1n) is 8.37. The number of hydrogen-bond donors (Lipinski definition) is 2. The molecule has 5 nitrogen and oxygen atoms in total. The summed E-state index contributed by atoms with van der Waals surface area (Å²) in [6, 6.07) is 12.9. The smallest absolute Gasteiger partial charge is 0.338 e. The number of unbranched alkanes of at least 4 members (excludes halogenated alkanes) is 1. The lowest BCUT2D eigenvalue weighted by molar-refractivity contribution is 0.196. The van der Waals surface area contributed by atoms with Crippen molar-refractivity contribution in [2.75, 3.05) is 12.3 Å². The first-order chi connectivity index (χ1) is 12.1. The van der Waals surface area contributed by atoms with Gasteiger partial charge in [-0.05, 0) is 36.2 Å². The summed E-state index contributed by atoms with van der Waals surface area (Å²) < 4.78 is 0. The van der Waals surface area contributed by atoms with Gasteiger partial charge in [-0.2, -0.15) is 5.10 Å². The Bertz CT molecular complexity index is 802. The van der Waals surface area contributed by atoms with Crippen molar-refractivity contribution in [3.8, 4) is 0 Å². The molecule has 0 unspecified atom stereocenters. The fraction of sp³-hybridized carbons (Fsp3) is 0.263. The van der Waals surface area contributed by atoms with Crippen LogP contribution in [0.3, 0.4) is 0 Å². The van der Waals surface area contributed by atoms with Gasteiger partial charge in [-0.1, -0.05) is 43.1 Å². The topological polar surface area (TPSA) is 70.7 Å². The Kier molecular flexibility index (Phi) is 5.24. The number of nitrogens with one attached hydrogen (secondary N) is 1. The third kappa shape index (κ3) is 3.94. The van der Waals surface area contributed by atoms with E-state index in [0.717, 1.165) is 35.2 Å². The van der Waals surface area contributed by atoms with Gasteiger partial charge in [0.1, 0.15) is 0 Å². The number of fused-ring (bicyclic) bond motifs is 1. The maximum absolute atomic E-state index is 12.4. The Hall–Kier alpha value is -2.53. The van der Waals surface area contributed by atoms with Crippen molar-refractivity contribution in [1.82, 2.24) is 10.3 Å². The molecule has 1 aliphatic heterocycles. The van der Waals surface area contributed by atoms with Crippen molar-refractivity contribution in [1.29, 1.82) is 0 Å². The Balaban J connectivity index is 1.96. The van der Waals surface area contributed by atoms with Gasteiger partial charge in [-0.25, -0.2) is 9.80 Å². The monoisotopic (exact) mass is 356 g/mol. The van der Waals surface area contributed by atoms with Gasteiger partial charge in [-0.15, -0.1) is 0 Å². The van der Waals surface area contributed by atoms with E-state index in [2.05, 4.69) is 17.3 Å². The zero-order chi connectivity index (χ0) is 17.8. The first kappa shape index (κ1) is 17.3. The molecule has 0 saturated carbocycles. The number of rotatable bonds is 4. The molecule has 6 heteroatoms. The van der Waals surface area contributed by atoms with Crippen molar-refractivity contribution < 1.29 is 4.79 Å². The molecular weight excluding hydrogens is 336 g/mol. The highest BCUT2D eigenvalue weighted by Gasteiger charge is 2.24. The number of hydrogen-bond acceptors (Lipinski definition) is 3. The van der Waals surface area contributed by atoms with E-state index >= 15 is 0 Å². The predicted molar refractivity (Wildman–Crippen MR) is 102 cm³/mol. The van der Waals surface area contributed by atoms with Gasteiger partial charge in [0.2, 0.25) is 0 Å². The number of amides is 2. The number of carbonyl (C=O) groups is 1. The van der Waals surface area contributed by atoms with Crippen LogP contribution in [0.4, 0.5) is 10.5 Å².